The van der Waals surface area contributed by atoms with Gasteiger partial charge in [0, 0.05) is 15.9 Å². The van der Waals surface area contributed by atoms with Crippen LogP contribution in [0.5, 0.6) is 5.75 Å². The lowest BCUT2D eigenvalue weighted by molar-refractivity contribution is -0.116. The molecule has 0 saturated carbocycles. The summed E-state index contributed by atoms with van der Waals surface area (Å²) in [4.78, 5) is 14.5. The summed E-state index contributed by atoms with van der Waals surface area (Å²) in [6.45, 7) is 0. The van der Waals surface area contributed by atoms with Gasteiger partial charge in [-0.2, -0.15) is 5.10 Å². The van der Waals surface area contributed by atoms with E-state index in [4.69, 9.17) is 4.74 Å². The van der Waals surface area contributed by atoms with E-state index in [0.29, 0.717) is 0 Å². The molecule has 0 radical (unpaired) electrons. The van der Waals surface area contributed by atoms with Crippen LogP contribution in [-0.2, 0) is 4.79 Å². The van der Waals surface area contributed by atoms with E-state index in [1.165, 1.54) is 0 Å². The monoisotopic (exact) mass is 420 g/mol. The van der Waals surface area contributed by atoms with Gasteiger partial charge in [-0.25, -0.2) is 5.43 Å². The van der Waals surface area contributed by atoms with Crippen molar-refractivity contribution in [3.8, 4) is 5.75 Å². The average molecular weight is 421 g/mol. The van der Waals surface area contributed by atoms with Crippen LogP contribution in [0.15, 0.2) is 110 Å². The summed E-state index contributed by atoms with van der Waals surface area (Å²) >= 11 is 3.09. The maximum atomic E-state index is 12.4. The minimum atomic E-state index is -0.281. The Balaban J connectivity index is 1.67. The highest BCUT2D eigenvalue weighted by molar-refractivity contribution is 8.22. The first-order valence-electron chi connectivity index (χ1n) is 8.87. The quantitative estimate of drug-likeness (QED) is 0.224. The number of carbonyl (C=O) groups is 1. The molecule has 0 fully saturated rings. The van der Waals surface area contributed by atoms with Crippen LogP contribution in [0.4, 0.5) is 0 Å². The SMILES string of the molecule is COc1ccc(/C=N/NC(=O)C=C(Sc2ccccc2)Sc2ccccc2)cc1. The van der Waals surface area contributed by atoms with Crippen LogP contribution in [0.2, 0.25) is 0 Å². The van der Waals surface area contributed by atoms with Crippen LogP contribution in [0.25, 0.3) is 0 Å². The van der Waals surface area contributed by atoms with Crippen molar-refractivity contribution < 1.29 is 9.53 Å². The fourth-order valence-corrected chi connectivity index (χ4v) is 4.42. The number of benzene rings is 3. The van der Waals surface area contributed by atoms with Crippen LogP contribution >= 0.6 is 23.5 Å². The second kappa shape index (κ2) is 11.1. The van der Waals surface area contributed by atoms with Crippen molar-refractivity contribution in [2.75, 3.05) is 7.11 Å². The molecule has 0 bridgehead atoms. The van der Waals surface area contributed by atoms with E-state index in [1.807, 2.05) is 84.9 Å². The molecule has 0 aromatic heterocycles. The van der Waals surface area contributed by atoms with Crippen LogP contribution in [-0.4, -0.2) is 19.2 Å². The highest BCUT2D eigenvalue weighted by Crippen LogP contribution is 2.38. The van der Waals surface area contributed by atoms with E-state index >= 15 is 0 Å². The highest BCUT2D eigenvalue weighted by atomic mass is 32.2. The summed E-state index contributed by atoms with van der Waals surface area (Å²) in [7, 11) is 1.62. The third-order valence-electron chi connectivity index (χ3n) is 3.68. The molecule has 3 aromatic carbocycles. The number of nitrogens with zero attached hydrogens (tertiary/aromatic N) is 1. The molecule has 0 aliphatic heterocycles. The molecule has 0 atom stereocenters. The fourth-order valence-electron chi connectivity index (χ4n) is 2.29. The van der Waals surface area contributed by atoms with E-state index in [-0.39, 0.29) is 5.91 Å². The van der Waals surface area contributed by atoms with E-state index < -0.39 is 0 Å². The molecule has 3 aromatic rings. The van der Waals surface area contributed by atoms with Gasteiger partial charge in [0.2, 0.25) is 0 Å². The average Bonchev–Trinajstić information content (AvgIpc) is 2.75. The van der Waals surface area contributed by atoms with Crippen molar-refractivity contribution in [3.05, 3.63) is 101 Å². The summed E-state index contributed by atoms with van der Waals surface area (Å²) in [6, 6.07) is 27.3. The smallest absolute Gasteiger partial charge is 0.265 e. The number of hydrogen-bond acceptors (Lipinski definition) is 5. The van der Waals surface area contributed by atoms with Gasteiger partial charge in [0.1, 0.15) is 5.75 Å². The Morgan fingerprint density at radius 3 is 1.93 bits per heavy atom. The number of hydrazone groups is 1. The minimum Gasteiger partial charge on any atom is -0.497 e. The summed E-state index contributed by atoms with van der Waals surface area (Å²) in [6.07, 6.45) is 3.17. The Labute approximate surface area is 179 Å². The van der Waals surface area contributed by atoms with E-state index in [2.05, 4.69) is 10.5 Å². The van der Waals surface area contributed by atoms with Crippen molar-refractivity contribution in [1.29, 1.82) is 0 Å². The van der Waals surface area contributed by atoms with Crippen LogP contribution < -0.4 is 10.2 Å². The van der Waals surface area contributed by atoms with Crippen molar-refractivity contribution in [2.45, 2.75) is 9.79 Å². The van der Waals surface area contributed by atoms with Crippen LogP contribution in [0.1, 0.15) is 5.56 Å². The molecule has 0 aliphatic carbocycles. The first kappa shape index (κ1) is 20.8. The van der Waals surface area contributed by atoms with Gasteiger partial charge in [-0.15, -0.1) is 0 Å². The van der Waals surface area contributed by atoms with E-state index in [1.54, 1.807) is 42.9 Å². The number of amides is 1. The molecule has 6 heteroatoms. The molecule has 29 heavy (non-hydrogen) atoms. The lowest BCUT2D eigenvalue weighted by Gasteiger charge is -2.07. The van der Waals surface area contributed by atoms with Gasteiger partial charge in [0.15, 0.2) is 0 Å². The third-order valence-corrected chi connectivity index (χ3v) is 5.83. The second-order valence-corrected chi connectivity index (χ2v) is 8.29. The van der Waals surface area contributed by atoms with Crippen molar-refractivity contribution >= 4 is 35.6 Å². The van der Waals surface area contributed by atoms with Gasteiger partial charge < -0.3 is 4.74 Å². The molecule has 0 unspecified atom stereocenters. The molecule has 1 N–H and O–H groups in total. The van der Waals surface area contributed by atoms with Gasteiger partial charge in [0.05, 0.1) is 17.6 Å². The highest BCUT2D eigenvalue weighted by Gasteiger charge is 2.07. The molecule has 0 spiro atoms. The number of thioether (sulfide) groups is 2. The zero-order chi connectivity index (χ0) is 20.3. The van der Waals surface area contributed by atoms with Crippen LogP contribution in [0, 0.1) is 0 Å². The molecule has 1 amide bonds. The third kappa shape index (κ3) is 7.18. The lowest BCUT2D eigenvalue weighted by Crippen LogP contribution is -2.14. The molecule has 4 nitrogen and oxygen atoms in total. The molecular formula is C23H20N2O2S2. The normalized spacial score (nSPS) is 10.5. The largest absolute Gasteiger partial charge is 0.497 e. The van der Waals surface area contributed by atoms with Gasteiger partial charge in [-0.05, 0) is 54.1 Å². The second-order valence-electron chi connectivity index (χ2n) is 5.80. The predicted octanol–water partition coefficient (Wildman–Crippen LogP) is 5.57. The number of methoxy groups -OCH3 is 1. The van der Waals surface area contributed by atoms with E-state index in [0.717, 1.165) is 25.3 Å². The van der Waals surface area contributed by atoms with Gasteiger partial charge in [0.25, 0.3) is 5.91 Å². The number of ether oxygens (including phenoxy) is 1. The first-order chi connectivity index (χ1) is 14.2. The van der Waals surface area contributed by atoms with Crippen LogP contribution in [0.3, 0.4) is 0 Å². The predicted molar refractivity (Wildman–Crippen MR) is 121 cm³/mol. The molecule has 3 rings (SSSR count). The Hall–Kier alpha value is -2.96. The molecule has 0 aliphatic rings. The van der Waals surface area contributed by atoms with E-state index in [9.17, 15) is 4.79 Å². The first-order valence-corrected chi connectivity index (χ1v) is 10.5. The Morgan fingerprint density at radius 2 is 1.41 bits per heavy atom. The summed E-state index contributed by atoms with van der Waals surface area (Å²) in [5, 5.41) is 4.04. The van der Waals surface area contributed by atoms with Crippen molar-refractivity contribution in [2.24, 2.45) is 5.10 Å². The maximum Gasteiger partial charge on any atom is 0.265 e. The number of carbonyl (C=O) groups excluding carboxylic acids is 1. The molecule has 0 heterocycles. The zero-order valence-electron chi connectivity index (χ0n) is 15.8. The zero-order valence-corrected chi connectivity index (χ0v) is 17.5. The standard InChI is InChI=1S/C23H20N2O2S2/c1-27-19-14-12-18(13-15-19)17-24-25-22(26)16-23(28-20-8-4-2-5-9-20)29-21-10-6-3-7-11-21/h2-17H,1H3,(H,25,26)/b24-17+. The fraction of sp³-hybridized carbons (Fsp3) is 0.0435. The van der Waals surface area contributed by atoms with Gasteiger partial charge in [-0.1, -0.05) is 59.9 Å². The minimum absolute atomic E-state index is 0.281. The Morgan fingerprint density at radius 1 is 0.862 bits per heavy atom. The number of hydrogen-bond donors (Lipinski definition) is 1. The van der Waals surface area contributed by atoms with Crippen molar-refractivity contribution in [1.82, 2.24) is 5.43 Å². The van der Waals surface area contributed by atoms with Crippen molar-refractivity contribution in [3.63, 3.8) is 0 Å². The maximum absolute atomic E-state index is 12.4. The summed E-state index contributed by atoms with van der Waals surface area (Å²) < 4.78 is 5.99. The summed E-state index contributed by atoms with van der Waals surface area (Å²) in [5.41, 5.74) is 3.43. The number of rotatable bonds is 8. The Kier molecular flexibility index (Phi) is 7.98. The molecular weight excluding hydrogens is 400 g/mol. The lowest BCUT2D eigenvalue weighted by atomic mass is 10.2. The molecule has 146 valence electrons. The Bertz CT molecular complexity index is 929. The summed E-state index contributed by atoms with van der Waals surface area (Å²) in [5.74, 6) is 0.492. The van der Waals surface area contributed by atoms with Gasteiger partial charge in [-0.3, -0.25) is 4.79 Å². The number of nitrogens with one attached hydrogen (secondary N) is 1. The topological polar surface area (TPSA) is 50.7 Å². The molecule has 0 saturated heterocycles. The van der Waals surface area contributed by atoms with Gasteiger partial charge >= 0.3 is 0 Å².